The topological polar surface area (TPSA) is 42.4 Å². The van der Waals surface area contributed by atoms with Gasteiger partial charge in [-0.1, -0.05) is 27.7 Å². The Morgan fingerprint density at radius 2 is 1.76 bits per heavy atom. The van der Waals surface area contributed by atoms with Crippen molar-refractivity contribution in [3.63, 3.8) is 0 Å². The quantitative estimate of drug-likeness (QED) is 0.794. The van der Waals surface area contributed by atoms with Crippen molar-refractivity contribution in [1.82, 2.24) is 4.90 Å². The van der Waals surface area contributed by atoms with E-state index in [9.17, 15) is 0 Å². The smallest absolute Gasteiger partial charge is 0.121 e. The minimum atomic E-state index is 0.486. The number of nitrogens with two attached hydrogens (primary N) is 1. The highest BCUT2D eigenvalue weighted by molar-refractivity contribution is 5.16. The number of hydrogen-bond acceptors (Lipinski definition) is 3. The van der Waals surface area contributed by atoms with E-state index in [1.165, 1.54) is 5.56 Å². The molecule has 0 atom stereocenters. The fourth-order valence-corrected chi connectivity index (χ4v) is 2.16. The summed E-state index contributed by atoms with van der Waals surface area (Å²) in [5, 5.41) is 0. The van der Waals surface area contributed by atoms with Crippen LogP contribution in [0.5, 0.6) is 0 Å². The van der Waals surface area contributed by atoms with Crippen LogP contribution in [0.4, 0.5) is 0 Å². The van der Waals surface area contributed by atoms with Crippen LogP contribution in [0.1, 0.15) is 39.0 Å². The Bertz CT molecular complexity index is 308. The molecule has 1 aromatic rings. The van der Waals surface area contributed by atoms with Gasteiger partial charge in [0.05, 0.1) is 12.8 Å². The van der Waals surface area contributed by atoms with Crippen molar-refractivity contribution in [2.45, 2.75) is 40.8 Å². The Balaban J connectivity index is 2.64. The van der Waals surface area contributed by atoms with Crippen molar-refractivity contribution < 1.29 is 4.42 Å². The lowest BCUT2D eigenvalue weighted by Gasteiger charge is -2.25. The van der Waals surface area contributed by atoms with E-state index in [1.54, 1.807) is 6.26 Å². The Hall–Kier alpha value is -0.800. The maximum Gasteiger partial charge on any atom is 0.121 e. The molecule has 0 aliphatic carbocycles. The van der Waals surface area contributed by atoms with E-state index in [4.69, 9.17) is 10.2 Å². The summed E-state index contributed by atoms with van der Waals surface area (Å²) >= 11 is 0. The molecule has 0 unspecified atom stereocenters. The maximum absolute atomic E-state index is 5.66. The second-order valence-corrected chi connectivity index (χ2v) is 5.55. The number of nitrogens with zero attached hydrogens (tertiary/aromatic N) is 1. The van der Waals surface area contributed by atoms with Crippen LogP contribution in [0.15, 0.2) is 16.7 Å². The molecule has 0 aliphatic heterocycles. The summed E-state index contributed by atoms with van der Waals surface area (Å²) in [6, 6.07) is 2.04. The lowest BCUT2D eigenvalue weighted by Crippen LogP contribution is -2.31. The van der Waals surface area contributed by atoms with Crippen molar-refractivity contribution >= 4 is 0 Å². The molecule has 0 saturated carbocycles. The van der Waals surface area contributed by atoms with Crippen LogP contribution in [-0.2, 0) is 13.1 Å². The highest BCUT2D eigenvalue weighted by atomic mass is 16.3. The third-order valence-electron chi connectivity index (χ3n) is 2.66. The fourth-order valence-electron chi connectivity index (χ4n) is 2.16. The third kappa shape index (κ3) is 4.92. The Labute approximate surface area is 105 Å². The zero-order chi connectivity index (χ0) is 12.8. The maximum atomic E-state index is 5.66. The highest BCUT2D eigenvalue weighted by Gasteiger charge is 2.13. The van der Waals surface area contributed by atoms with Gasteiger partial charge in [-0.2, -0.15) is 0 Å². The van der Waals surface area contributed by atoms with Crippen molar-refractivity contribution in [1.29, 1.82) is 0 Å². The first-order valence-corrected chi connectivity index (χ1v) is 6.50. The summed E-state index contributed by atoms with van der Waals surface area (Å²) < 4.78 is 5.37. The van der Waals surface area contributed by atoms with Gasteiger partial charge in [-0.15, -0.1) is 0 Å². The molecule has 98 valence electrons. The van der Waals surface area contributed by atoms with Crippen LogP contribution >= 0.6 is 0 Å². The minimum absolute atomic E-state index is 0.486. The summed E-state index contributed by atoms with van der Waals surface area (Å²) in [5.41, 5.74) is 6.89. The monoisotopic (exact) mass is 238 g/mol. The lowest BCUT2D eigenvalue weighted by molar-refractivity contribution is 0.210. The Morgan fingerprint density at radius 1 is 1.18 bits per heavy atom. The molecule has 17 heavy (non-hydrogen) atoms. The molecule has 2 N–H and O–H groups in total. The lowest BCUT2D eigenvalue weighted by atomic mass is 10.1. The molecule has 0 aromatic carbocycles. The van der Waals surface area contributed by atoms with Crippen molar-refractivity contribution in [2.75, 3.05) is 13.1 Å². The molecular formula is C14H26N2O. The minimum Gasteiger partial charge on any atom is -0.468 e. The molecule has 0 saturated heterocycles. The molecule has 0 bridgehead atoms. The van der Waals surface area contributed by atoms with E-state index in [-0.39, 0.29) is 0 Å². The second-order valence-electron chi connectivity index (χ2n) is 5.55. The van der Waals surface area contributed by atoms with Crippen molar-refractivity contribution in [2.24, 2.45) is 17.6 Å². The molecule has 0 aliphatic rings. The summed E-state index contributed by atoms with van der Waals surface area (Å²) in [7, 11) is 0. The molecule has 1 aromatic heterocycles. The average Bonchev–Trinajstić information content (AvgIpc) is 2.62. The second kappa shape index (κ2) is 6.82. The zero-order valence-corrected chi connectivity index (χ0v) is 11.6. The predicted molar refractivity (Wildman–Crippen MR) is 71.6 cm³/mol. The number of rotatable bonds is 7. The largest absolute Gasteiger partial charge is 0.468 e. The van der Waals surface area contributed by atoms with Gasteiger partial charge in [-0.3, -0.25) is 4.90 Å². The Kier molecular flexibility index (Phi) is 5.72. The highest BCUT2D eigenvalue weighted by Crippen LogP contribution is 2.15. The molecule has 3 nitrogen and oxygen atoms in total. The van der Waals surface area contributed by atoms with Gasteiger partial charge >= 0.3 is 0 Å². The van der Waals surface area contributed by atoms with Crippen LogP contribution in [0.25, 0.3) is 0 Å². The van der Waals surface area contributed by atoms with Gasteiger partial charge in [0.1, 0.15) is 5.76 Å². The molecule has 1 heterocycles. The summed E-state index contributed by atoms with van der Waals surface area (Å²) in [4.78, 5) is 2.49. The molecule has 0 fully saturated rings. The van der Waals surface area contributed by atoms with Crippen LogP contribution in [-0.4, -0.2) is 18.0 Å². The van der Waals surface area contributed by atoms with Crippen LogP contribution in [0.3, 0.4) is 0 Å². The Morgan fingerprint density at radius 3 is 2.24 bits per heavy atom. The number of furan rings is 1. The third-order valence-corrected chi connectivity index (χ3v) is 2.66. The van der Waals surface area contributed by atoms with Gasteiger partial charge in [-0.05, 0) is 17.9 Å². The molecule has 0 spiro atoms. The van der Waals surface area contributed by atoms with Gasteiger partial charge in [-0.25, -0.2) is 0 Å². The molecule has 0 amide bonds. The average molecular weight is 238 g/mol. The normalized spacial score (nSPS) is 12.0. The van der Waals surface area contributed by atoms with Crippen LogP contribution in [0.2, 0.25) is 0 Å². The van der Waals surface area contributed by atoms with E-state index in [0.717, 1.165) is 25.4 Å². The summed E-state index contributed by atoms with van der Waals surface area (Å²) in [6.45, 7) is 12.7. The van der Waals surface area contributed by atoms with E-state index in [2.05, 4.69) is 32.6 Å². The van der Waals surface area contributed by atoms with E-state index >= 15 is 0 Å². The summed E-state index contributed by atoms with van der Waals surface area (Å²) in [6.07, 6.45) is 1.74. The van der Waals surface area contributed by atoms with Gasteiger partial charge in [0.2, 0.25) is 0 Å². The molecule has 3 heteroatoms. The molecule has 1 rings (SSSR count). The fraction of sp³-hybridized carbons (Fsp3) is 0.714. The molecular weight excluding hydrogens is 212 g/mol. The van der Waals surface area contributed by atoms with Crippen molar-refractivity contribution in [3.05, 3.63) is 23.7 Å². The zero-order valence-electron chi connectivity index (χ0n) is 11.6. The van der Waals surface area contributed by atoms with Gasteiger partial charge in [0, 0.05) is 25.2 Å². The first-order valence-electron chi connectivity index (χ1n) is 6.50. The van der Waals surface area contributed by atoms with Gasteiger partial charge < -0.3 is 10.2 Å². The van der Waals surface area contributed by atoms with E-state index < -0.39 is 0 Å². The molecule has 0 radical (unpaired) electrons. The first-order chi connectivity index (χ1) is 8.02. The summed E-state index contributed by atoms with van der Waals surface area (Å²) in [5.74, 6) is 2.28. The number of hydrogen-bond donors (Lipinski definition) is 1. The van der Waals surface area contributed by atoms with Gasteiger partial charge in [0.25, 0.3) is 0 Å². The van der Waals surface area contributed by atoms with E-state index in [0.29, 0.717) is 18.4 Å². The van der Waals surface area contributed by atoms with Gasteiger partial charge in [0.15, 0.2) is 0 Å². The standard InChI is InChI=1S/C14H26N2O/c1-11(2)8-16(9-12(3)4)10-13-5-6-17-14(13)7-15/h5-6,11-12H,7-10,15H2,1-4H3. The van der Waals surface area contributed by atoms with Crippen LogP contribution < -0.4 is 5.73 Å². The first kappa shape index (κ1) is 14.3. The SMILES string of the molecule is CC(C)CN(Cc1ccoc1CN)CC(C)C. The van der Waals surface area contributed by atoms with E-state index in [1.807, 2.05) is 6.07 Å². The predicted octanol–water partition coefficient (Wildman–Crippen LogP) is 2.85. The van der Waals surface area contributed by atoms with Crippen molar-refractivity contribution in [3.8, 4) is 0 Å². The van der Waals surface area contributed by atoms with Crippen LogP contribution in [0, 0.1) is 11.8 Å².